The summed E-state index contributed by atoms with van der Waals surface area (Å²) in [6.07, 6.45) is 3.31. The van der Waals surface area contributed by atoms with Gasteiger partial charge in [0, 0.05) is 28.3 Å². The highest BCUT2D eigenvalue weighted by Crippen LogP contribution is 2.38. The molecule has 3 aromatic rings. The van der Waals surface area contributed by atoms with Crippen molar-refractivity contribution in [2.24, 2.45) is 0 Å². The van der Waals surface area contributed by atoms with E-state index in [0.29, 0.717) is 22.5 Å². The number of nitrogens with zero attached hydrogens (tertiary/aromatic N) is 2. The zero-order valence-corrected chi connectivity index (χ0v) is 23.0. The first-order valence-corrected chi connectivity index (χ1v) is 13.3. The van der Waals surface area contributed by atoms with Gasteiger partial charge in [-0.05, 0) is 90.1 Å². The van der Waals surface area contributed by atoms with Crippen molar-refractivity contribution in [2.45, 2.75) is 87.7 Å². The molecule has 0 bridgehead atoms. The largest absolute Gasteiger partial charge is 0.444 e. The Labute approximate surface area is 221 Å². The summed E-state index contributed by atoms with van der Waals surface area (Å²) in [6, 6.07) is 8.96. The Balaban J connectivity index is 1.53. The van der Waals surface area contributed by atoms with Crippen LogP contribution in [0.15, 0.2) is 46.5 Å². The van der Waals surface area contributed by atoms with Crippen molar-refractivity contribution in [2.75, 3.05) is 6.54 Å². The molecule has 0 saturated heterocycles. The molecule has 198 valence electrons. The lowest BCUT2D eigenvalue weighted by Crippen LogP contribution is -2.35. The number of imidazole rings is 1. The van der Waals surface area contributed by atoms with Crippen molar-refractivity contribution in [3.63, 3.8) is 0 Å². The Bertz CT molecular complexity index is 1320. The quantitative estimate of drug-likeness (QED) is 0.391. The Morgan fingerprint density at radius 2 is 1.84 bits per heavy atom. The molecule has 0 saturated carbocycles. The van der Waals surface area contributed by atoms with Crippen LogP contribution in [0, 0.1) is 5.82 Å². The fraction of sp³-hybridized carbons (Fsp3) is 0.464. The van der Waals surface area contributed by atoms with E-state index in [1.807, 2.05) is 26.8 Å². The summed E-state index contributed by atoms with van der Waals surface area (Å²) < 4.78 is 26.6. The van der Waals surface area contributed by atoms with Gasteiger partial charge in [0.1, 0.15) is 28.9 Å². The summed E-state index contributed by atoms with van der Waals surface area (Å²) in [6.45, 7) is 11.4. The summed E-state index contributed by atoms with van der Waals surface area (Å²) >= 11 is 1.41. The molecule has 1 atom stereocenters. The highest BCUT2D eigenvalue weighted by atomic mass is 32.2. The van der Waals surface area contributed by atoms with Crippen molar-refractivity contribution >= 4 is 35.0 Å². The van der Waals surface area contributed by atoms with Crippen LogP contribution in [0.3, 0.4) is 0 Å². The van der Waals surface area contributed by atoms with Gasteiger partial charge in [0.2, 0.25) is 0 Å². The molecule has 1 aliphatic carbocycles. The number of aryl methyl sites for hydroxylation is 1. The number of nitrogens with one attached hydrogen (secondary N) is 1. The Morgan fingerprint density at radius 3 is 2.54 bits per heavy atom. The summed E-state index contributed by atoms with van der Waals surface area (Å²) in [5.74, 6) is -0.243. The molecule has 1 aromatic heterocycles. The normalized spacial score (nSPS) is 15.8. The number of amides is 1. The fourth-order valence-electron chi connectivity index (χ4n) is 4.40. The van der Waals surface area contributed by atoms with Crippen molar-refractivity contribution in [1.29, 1.82) is 0 Å². The lowest BCUT2D eigenvalue weighted by atomic mass is 9.83. The van der Waals surface area contributed by atoms with Crippen LogP contribution in [0.1, 0.15) is 71.4 Å². The number of aromatic nitrogens is 2. The predicted octanol–water partition coefficient (Wildman–Crippen LogP) is 7.05. The Kier molecular flexibility index (Phi) is 7.55. The van der Waals surface area contributed by atoms with Crippen molar-refractivity contribution in [3.8, 4) is 0 Å². The van der Waals surface area contributed by atoms with Gasteiger partial charge in [0.15, 0.2) is 0 Å². The molecule has 2 aromatic carbocycles. The molecule has 0 spiro atoms. The highest BCUT2D eigenvalue weighted by molar-refractivity contribution is 7.99. The van der Waals surface area contributed by atoms with Crippen molar-refractivity contribution in [1.82, 2.24) is 14.9 Å². The molecule has 4 rings (SSSR count). The number of alkyl carbamates (subject to hydrolysis) is 1. The average molecular weight is 528 g/mol. The van der Waals surface area contributed by atoms with Gasteiger partial charge in [-0.15, -0.1) is 0 Å². The summed E-state index contributed by atoms with van der Waals surface area (Å²) in [5.41, 5.74) is 2.12. The maximum absolute atomic E-state index is 14.6. The number of hydrogen-bond acceptors (Lipinski definition) is 6. The second-order valence-electron chi connectivity index (χ2n) is 11.3. The van der Waals surface area contributed by atoms with Crippen LogP contribution >= 0.6 is 11.8 Å². The van der Waals surface area contributed by atoms with Gasteiger partial charge in [0.25, 0.3) is 0 Å². The number of carbonyl (C=O) groups excluding carboxylic acids is 2. The highest BCUT2D eigenvalue weighted by Gasteiger charge is 2.24. The molecule has 1 heterocycles. The van der Waals surface area contributed by atoms with Crippen LogP contribution in [0.25, 0.3) is 11.0 Å². The van der Waals surface area contributed by atoms with E-state index in [1.165, 1.54) is 45.9 Å². The SMILES string of the molecule is CC(C)(C)OC(=O)NC[C@@H]1CCCc2cc(Sc3cc(F)cc4c3ncn4C(=O)OC(C)(C)C)ccc21. The van der Waals surface area contributed by atoms with Gasteiger partial charge in [-0.3, -0.25) is 0 Å². The average Bonchev–Trinajstić information content (AvgIpc) is 3.19. The van der Waals surface area contributed by atoms with E-state index in [2.05, 4.69) is 22.4 Å². The van der Waals surface area contributed by atoms with E-state index in [4.69, 9.17) is 9.47 Å². The van der Waals surface area contributed by atoms with Gasteiger partial charge in [-0.25, -0.2) is 23.5 Å². The monoisotopic (exact) mass is 527 g/mol. The number of rotatable bonds is 4. The zero-order valence-electron chi connectivity index (χ0n) is 22.2. The third-order valence-corrected chi connectivity index (χ3v) is 6.86. The lowest BCUT2D eigenvalue weighted by Gasteiger charge is -2.27. The molecule has 1 aliphatic rings. The van der Waals surface area contributed by atoms with Gasteiger partial charge < -0.3 is 14.8 Å². The van der Waals surface area contributed by atoms with Gasteiger partial charge in [-0.1, -0.05) is 17.8 Å². The molecule has 37 heavy (non-hydrogen) atoms. The molecule has 1 amide bonds. The van der Waals surface area contributed by atoms with Crippen LogP contribution in [0.2, 0.25) is 0 Å². The smallest absolute Gasteiger partial charge is 0.420 e. The molecular weight excluding hydrogens is 493 g/mol. The van der Waals surface area contributed by atoms with E-state index in [9.17, 15) is 14.0 Å². The molecule has 0 fully saturated rings. The summed E-state index contributed by atoms with van der Waals surface area (Å²) in [7, 11) is 0. The predicted molar refractivity (Wildman–Crippen MR) is 142 cm³/mol. The standard InChI is InChI=1S/C28H34FN3O4S/c1-27(2,3)35-25(33)30-15-18-9-7-8-17-12-20(10-11-21(17)18)37-23-14-19(29)13-22-24(23)31-16-32(22)26(34)36-28(4,5)6/h10-14,16,18H,7-9,15H2,1-6H3,(H,30,33)/t18-/m0/s1. The fourth-order valence-corrected chi connectivity index (χ4v) is 5.42. The van der Waals surface area contributed by atoms with Gasteiger partial charge in [0.05, 0.1) is 5.52 Å². The summed E-state index contributed by atoms with van der Waals surface area (Å²) in [5, 5.41) is 2.90. The zero-order chi connectivity index (χ0) is 27.0. The molecule has 9 heteroatoms. The lowest BCUT2D eigenvalue weighted by molar-refractivity contribution is 0.0518. The summed E-state index contributed by atoms with van der Waals surface area (Å²) in [4.78, 5) is 30.7. The molecule has 1 N–H and O–H groups in total. The Morgan fingerprint density at radius 1 is 1.11 bits per heavy atom. The maximum atomic E-state index is 14.6. The van der Waals surface area contributed by atoms with Crippen LogP contribution < -0.4 is 5.32 Å². The first kappa shape index (κ1) is 27.0. The third kappa shape index (κ3) is 6.83. The van der Waals surface area contributed by atoms with Gasteiger partial charge in [-0.2, -0.15) is 0 Å². The van der Waals surface area contributed by atoms with Crippen LogP contribution in [0.4, 0.5) is 14.0 Å². The van der Waals surface area contributed by atoms with Crippen LogP contribution in [0.5, 0.6) is 0 Å². The minimum atomic E-state index is -0.679. The number of fused-ring (bicyclic) bond motifs is 2. The first-order chi connectivity index (χ1) is 17.3. The number of hydrogen-bond donors (Lipinski definition) is 1. The van der Waals surface area contributed by atoms with E-state index in [1.54, 1.807) is 20.8 Å². The first-order valence-electron chi connectivity index (χ1n) is 12.5. The third-order valence-electron chi connectivity index (χ3n) is 5.84. The van der Waals surface area contributed by atoms with E-state index in [-0.39, 0.29) is 5.92 Å². The number of ether oxygens (including phenoxy) is 2. The van der Waals surface area contributed by atoms with E-state index < -0.39 is 29.2 Å². The molecule has 7 nitrogen and oxygen atoms in total. The minimum absolute atomic E-state index is 0.209. The van der Waals surface area contributed by atoms with Crippen LogP contribution in [-0.4, -0.2) is 39.5 Å². The van der Waals surface area contributed by atoms with E-state index >= 15 is 0 Å². The number of carbonyl (C=O) groups is 2. The number of halogens is 1. The number of benzene rings is 2. The Hall–Kier alpha value is -3.07. The molecule has 0 aliphatic heterocycles. The van der Waals surface area contributed by atoms with Crippen molar-refractivity contribution < 1.29 is 23.5 Å². The molecule has 0 unspecified atom stereocenters. The maximum Gasteiger partial charge on any atom is 0.420 e. The van der Waals surface area contributed by atoms with E-state index in [0.717, 1.165) is 24.2 Å². The second kappa shape index (κ2) is 10.4. The van der Waals surface area contributed by atoms with Crippen molar-refractivity contribution in [3.05, 3.63) is 53.6 Å². The minimum Gasteiger partial charge on any atom is -0.444 e. The topological polar surface area (TPSA) is 82.5 Å². The second-order valence-corrected chi connectivity index (χ2v) is 12.4. The van der Waals surface area contributed by atoms with Gasteiger partial charge >= 0.3 is 12.2 Å². The van der Waals surface area contributed by atoms with Crippen LogP contribution in [-0.2, 0) is 15.9 Å². The molecule has 0 radical (unpaired) electrons. The molecular formula is C28H34FN3O4S.